The van der Waals surface area contributed by atoms with Gasteiger partial charge in [0.1, 0.15) is 17.5 Å². The van der Waals surface area contributed by atoms with Crippen molar-refractivity contribution in [3.8, 4) is 0 Å². The van der Waals surface area contributed by atoms with E-state index in [-0.39, 0.29) is 17.8 Å². The minimum atomic E-state index is -0.750. The van der Waals surface area contributed by atoms with Gasteiger partial charge in [0.25, 0.3) is 0 Å². The van der Waals surface area contributed by atoms with Crippen molar-refractivity contribution in [3.63, 3.8) is 0 Å². The third kappa shape index (κ3) is 2.61. The molecule has 1 aromatic carbocycles. The van der Waals surface area contributed by atoms with Gasteiger partial charge in [0.05, 0.1) is 12.6 Å². The molecular formula is C14H16F2N4O. The van der Waals surface area contributed by atoms with Crippen molar-refractivity contribution >= 4 is 0 Å². The Kier molecular flexibility index (Phi) is 3.59. The van der Waals surface area contributed by atoms with Gasteiger partial charge in [0, 0.05) is 24.6 Å². The number of hydrogen-bond donors (Lipinski definition) is 1. The van der Waals surface area contributed by atoms with Gasteiger partial charge in [0.2, 0.25) is 0 Å². The average molecular weight is 294 g/mol. The average Bonchev–Trinajstić information content (AvgIpc) is 2.76. The molecule has 5 nitrogen and oxygen atoms in total. The van der Waals surface area contributed by atoms with E-state index in [1.807, 2.05) is 0 Å². The first kappa shape index (κ1) is 13.9. The third-order valence-electron chi connectivity index (χ3n) is 3.76. The quantitative estimate of drug-likeness (QED) is 0.929. The van der Waals surface area contributed by atoms with Crippen molar-refractivity contribution in [2.75, 3.05) is 0 Å². The second kappa shape index (κ2) is 5.40. The summed E-state index contributed by atoms with van der Waals surface area (Å²) in [5, 5.41) is 4.25. The Morgan fingerprint density at radius 2 is 2.14 bits per heavy atom. The van der Waals surface area contributed by atoms with E-state index in [2.05, 4.69) is 5.10 Å². The zero-order valence-electron chi connectivity index (χ0n) is 11.4. The predicted octanol–water partition coefficient (Wildman–Crippen LogP) is 1.36. The highest BCUT2D eigenvalue weighted by atomic mass is 19.1. The third-order valence-corrected chi connectivity index (χ3v) is 3.76. The molecule has 0 bridgehead atoms. The maximum absolute atomic E-state index is 13.7. The van der Waals surface area contributed by atoms with E-state index in [1.165, 1.54) is 10.7 Å². The van der Waals surface area contributed by atoms with Gasteiger partial charge in [-0.2, -0.15) is 5.10 Å². The van der Waals surface area contributed by atoms with Crippen LogP contribution in [0.5, 0.6) is 0 Å². The molecular weight excluding hydrogens is 278 g/mol. The molecule has 7 heteroatoms. The number of nitrogens with zero attached hydrogens (tertiary/aromatic N) is 3. The molecule has 0 spiro atoms. The SMILES string of the molecule is NC(Cn1nc2n(c1=O)CCCC2)c1ccc(F)cc1F. The van der Waals surface area contributed by atoms with Crippen molar-refractivity contribution < 1.29 is 8.78 Å². The topological polar surface area (TPSA) is 65.8 Å². The van der Waals surface area contributed by atoms with Crippen LogP contribution in [0, 0.1) is 11.6 Å². The number of aryl methyl sites for hydroxylation is 1. The summed E-state index contributed by atoms with van der Waals surface area (Å²) in [7, 11) is 0. The summed E-state index contributed by atoms with van der Waals surface area (Å²) in [4.78, 5) is 12.2. The van der Waals surface area contributed by atoms with Crippen LogP contribution in [0.25, 0.3) is 0 Å². The first-order valence-electron chi connectivity index (χ1n) is 6.93. The summed E-state index contributed by atoms with van der Waals surface area (Å²) in [6.45, 7) is 0.732. The van der Waals surface area contributed by atoms with Crippen molar-refractivity contribution in [2.24, 2.45) is 5.73 Å². The maximum Gasteiger partial charge on any atom is 0.345 e. The first-order valence-corrected chi connectivity index (χ1v) is 6.93. The van der Waals surface area contributed by atoms with Crippen LogP contribution in [-0.4, -0.2) is 14.3 Å². The van der Waals surface area contributed by atoms with E-state index in [4.69, 9.17) is 5.73 Å². The molecule has 2 heterocycles. The predicted molar refractivity (Wildman–Crippen MR) is 72.7 cm³/mol. The van der Waals surface area contributed by atoms with E-state index < -0.39 is 17.7 Å². The highest BCUT2D eigenvalue weighted by Gasteiger charge is 2.19. The molecule has 1 atom stereocenters. The number of nitrogens with two attached hydrogens (primary N) is 1. The van der Waals surface area contributed by atoms with Crippen LogP contribution in [0.4, 0.5) is 8.78 Å². The van der Waals surface area contributed by atoms with Gasteiger partial charge in [-0.25, -0.2) is 18.3 Å². The van der Waals surface area contributed by atoms with Crippen LogP contribution in [-0.2, 0) is 19.5 Å². The van der Waals surface area contributed by atoms with Gasteiger partial charge in [-0.05, 0) is 18.9 Å². The smallest absolute Gasteiger partial charge is 0.322 e. The summed E-state index contributed by atoms with van der Waals surface area (Å²) in [5.74, 6) is -0.615. The maximum atomic E-state index is 13.7. The van der Waals surface area contributed by atoms with Crippen LogP contribution < -0.4 is 11.4 Å². The number of halogens is 2. The van der Waals surface area contributed by atoms with E-state index in [0.717, 1.165) is 37.2 Å². The molecule has 112 valence electrons. The minimum absolute atomic E-state index is 0.0708. The second-order valence-electron chi connectivity index (χ2n) is 5.26. The highest BCUT2D eigenvalue weighted by Crippen LogP contribution is 2.18. The molecule has 3 rings (SSSR count). The number of hydrogen-bond acceptors (Lipinski definition) is 3. The fraction of sp³-hybridized carbons (Fsp3) is 0.429. The molecule has 0 radical (unpaired) electrons. The molecule has 1 aromatic heterocycles. The fourth-order valence-electron chi connectivity index (χ4n) is 2.65. The lowest BCUT2D eigenvalue weighted by Crippen LogP contribution is -2.30. The van der Waals surface area contributed by atoms with Crippen LogP contribution in [0.3, 0.4) is 0 Å². The van der Waals surface area contributed by atoms with Gasteiger partial charge < -0.3 is 5.73 Å². The molecule has 1 aliphatic rings. The molecule has 0 fully saturated rings. The Morgan fingerprint density at radius 3 is 2.86 bits per heavy atom. The van der Waals surface area contributed by atoms with Crippen molar-refractivity contribution in [1.82, 2.24) is 14.3 Å². The van der Waals surface area contributed by atoms with E-state index >= 15 is 0 Å². The fourth-order valence-corrected chi connectivity index (χ4v) is 2.65. The molecule has 2 aromatic rings. The molecule has 21 heavy (non-hydrogen) atoms. The molecule has 1 aliphatic heterocycles. The summed E-state index contributed by atoms with van der Waals surface area (Å²) in [5.41, 5.74) is 5.89. The Balaban J connectivity index is 1.86. The van der Waals surface area contributed by atoms with Gasteiger partial charge in [0.15, 0.2) is 0 Å². The van der Waals surface area contributed by atoms with E-state index in [0.29, 0.717) is 6.54 Å². The van der Waals surface area contributed by atoms with Crippen molar-refractivity contribution in [2.45, 2.75) is 38.4 Å². The minimum Gasteiger partial charge on any atom is -0.322 e. The molecule has 1 unspecified atom stereocenters. The summed E-state index contributed by atoms with van der Waals surface area (Å²) < 4.78 is 29.5. The number of aromatic nitrogens is 3. The molecule has 0 aliphatic carbocycles. The summed E-state index contributed by atoms with van der Waals surface area (Å²) in [6.07, 6.45) is 2.73. The summed E-state index contributed by atoms with van der Waals surface area (Å²) >= 11 is 0. The Hall–Kier alpha value is -2.02. The molecule has 0 amide bonds. The van der Waals surface area contributed by atoms with Crippen LogP contribution >= 0.6 is 0 Å². The van der Waals surface area contributed by atoms with E-state index in [9.17, 15) is 13.6 Å². The largest absolute Gasteiger partial charge is 0.345 e. The first-order chi connectivity index (χ1) is 10.1. The Bertz CT molecular complexity index is 722. The van der Waals surface area contributed by atoms with Gasteiger partial charge >= 0.3 is 5.69 Å². The Morgan fingerprint density at radius 1 is 1.33 bits per heavy atom. The van der Waals surface area contributed by atoms with Gasteiger partial charge in [-0.3, -0.25) is 4.57 Å². The second-order valence-corrected chi connectivity index (χ2v) is 5.26. The summed E-state index contributed by atoms with van der Waals surface area (Å²) in [6, 6.07) is 2.49. The standard InChI is InChI=1S/C14H16F2N4O/c15-9-4-5-10(11(16)7-9)12(17)8-20-14(21)19-6-2-1-3-13(19)18-20/h4-5,7,12H,1-3,6,8,17H2. The van der Waals surface area contributed by atoms with Crippen molar-refractivity contribution in [3.05, 3.63) is 51.7 Å². The lowest BCUT2D eigenvalue weighted by atomic mass is 10.1. The molecule has 2 N–H and O–H groups in total. The zero-order chi connectivity index (χ0) is 15.0. The van der Waals surface area contributed by atoms with Gasteiger partial charge in [-0.15, -0.1) is 0 Å². The van der Waals surface area contributed by atoms with Crippen LogP contribution in [0.15, 0.2) is 23.0 Å². The lowest BCUT2D eigenvalue weighted by Gasteiger charge is -2.12. The van der Waals surface area contributed by atoms with Gasteiger partial charge in [-0.1, -0.05) is 6.07 Å². The number of rotatable bonds is 3. The lowest BCUT2D eigenvalue weighted by molar-refractivity contribution is 0.480. The normalized spacial score (nSPS) is 15.8. The van der Waals surface area contributed by atoms with Crippen LogP contribution in [0.2, 0.25) is 0 Å². The zero-order valence-corrected chi connectivity index (χ0v) is 11.4. The van der Waals surface area contributed by atoms with E-state index in [1.54, 1.807) is 4.57 Å². The molecule has 0 saturated heterocycles. The number of fused-ring (bicyclic) bond motifs is 1. The Labute approximate surface area is 120 Å². The molecule has 0 saturated carbocycles. The number of benzene rings is 1. The highest BCUT2D eigenvalue weighted by molar-refractivity contribution is 5.21. The monoisotopic (exact) mass is 294 g/mol. The van der Waals surface area contributed by atoms with Crippen LogP contribution in [0.1, 0.15) is 30.3 Å². The van der Waals surface area contributed by atoms with Crippen molar-refractivity contribution in [1.29, 1.82) is 0 Å².